The largest absolute Gasteiger partial charge is 0.356 e. The van der Waals surface area contributed by atoms with E-state index in [2.05, 4.69) is 15.9 Å². The maximum atomic E-state index is 13.2. The van der Waals surface area contributed by atoms with Crippen LogP contribution < -0.4 is 4.90 Å². The third kappa shape index (κ3) is 1.56. The predicted octanol–water partition coefficient (Wildman–Crippen LogP) is 2.51. The molecule has 0 aromatic heterocycles. The molecule has 0 bridgehead atoms. The zero-order valence-electron chi connectivity index (χ0n) is 7.18. The second-order valence-electron chi connectivity index (χ2n) is 3.07. The van der Waals surface area contributed by atoms with Crippen molar-refractivity contribution in [3.8, 4) is 0 Å². The average Bonchev–Trinajstić information content (AvgIpc) is 2.09. The molecule has 0 radical (unpaired) electrons. The van der Waals surface area contributed by atoms with Crippen LogP contribution >= 0.6 is 15.9 Å². The molecule has 70 valence electrons. The first-order valence-corrected chi connectivity index (χ1v) is 4.74. The van der Waals surface area contributed by atoms with Gasteiger partial charge in [0.2, 0.25) is 0 Å². The lowest BCUT2D eigenvalue weighted by Crippen LogP contribution is -2.26. The summed E-state index contributed by atoms with van der Waals surface area (Å²) in [5.74, 6) is -0.229. The van der Waals surface area contributed by atoms with E-state index < -0.39 is 0 Å². The van der Waals surface area contributed by atoms with Crippen LogP contribution in [0.3, 0.4) is 0 Å². The van der Waals surface area contributed by atoms with Crippen molar-refractivity contribution in [1.29, 1.82) is 0 Å². The van der Waals surface area contributed by atoms with Gasteiger partial charge in [0.25, 0.3) is 0 Å². The van der Waals surface area contributed by atoms with E-state index in [0.29, 0.717) is 17.8 Å². The Morgan fingerprint density at radius 3 is 3.08 bits per heavy atom. The average molecular weight is 246 g/mol. The van der Waals surface area contributed by atoms with Gasteiger partial charge in [-0.1, -0.05) is 0 Å². The van der Waals surface area contributed by atoms with Crippen LogP contribution in [0.15, 0.2) is 16.6 Å². The molecular formula is C9H9BrFNO. The second kappa shape index (κ2) is 3.27. The van der Waals surface area contributed by atoms with Gasteiger partial charge in [0.1, 0.15) is 12.5 Å². The fraction of sp³-hybridized carbons (Fsp3) is 0.333. The van der Waals surface area contributed by atoms with Gasteiger partial charge in [0.15, 0.2) is 0 Å². The van der Waals surface area contributed by atoms with Crippen molar-refractivity contribution >= 4 is 21.6 Å². The molecule has 2 rings (SSSR count). The van der Waals surface area contributed by atoms with Gasteiger partial charge in [-0.15, -0.1) is 0 Å². The molecule has 0 amide bonds. The van der Waals surface area contributed by atoms with Crippen molar-refractivity contribution in [1.82, 2.24) is 0 Å². The SMILES string of the molecule is CN1COCc2cc(Br)c(F)cc21. The van der Waals surface area contributed by atoms with Gasteiger partial charge in [-0.05, 0) is 28.1 Å². The van der Waals surface area contributed by atoms with Crippen LogP contribution in [0.4, 0.5) is 10.1 Å². The molecule has 0 fully saturated rings. The number of nitrogens with zero attached hydrogens (tertiary/aromatic N) is 1. The maximum absolute atomic E-state index is 13.2. The summed E-state index contributed by atoms with van der Waals surface area (Å²) < 4.78 is 18.9. The fourth-order valence-electron chi connectivity index (χ4n) is 1.41. The predicted molar refractivity (Wildman–Crippen MR) is 52.2 cm³/mol. The molecule has 0 N–H and O–H groups in total. The number of hydrogen-bond donors (Lipinski definition) is 0. The lowest BCUT2D eigenvalue weighted by Gasteiger charge is -2.27. The van der Waals surface area contributed by atoms with Crippen molar-refractivity contribution in [3.63, 3.8) is 0 Å². The molecule has 0 aliphatic carbocycles. The molecule has 13 heavy (non-hydrogen) atoms. The lowest BCUT2D eigenvalue weighted by atomic mass is 10.1. The summed E-state index contributed by atoms with van der Waals surface area (Å²) in [6.07, 6.45) is 0. The number of rotatable bonds is 0. The molecule has 0 saturated heterocycles. The third-order valence-corrected chi connectivity index (χ3v) is 2.68. The van der Waals surface area contributed by atoms with Gasteiger partial charge in [0.05, 0.1) is 11.1 Å². The van der Waals surface area contributed by atoms with E-state index in [4.69, 9.17) is 4.74 Å². The Morgan fingerprint density at radius 2 is 2.31 bits per heavy atom. The molecule has 0 saturated carbocycles. The van der Waals surface area contributed by atoms with E-state index in [9.17, 15) is 4.39 Å². The van der Waals surface area contributed by atoms with Crippen LogP contribution in [0.2, 0.25) is 0 Å². The third-order valence-electron chi connectivity index (χ3n) is 2.08. The summed E-state index contributed by atoms with van der Waals surface area (Å²) in [6.45, 7) is 1.08. The molecule has 2 nitrogen and oxygen atoms in total. The van der Waals surface area contributed by atoms with Gasteiger partial charge in [-0.3, -0.25) is 0 Å². The molecule has 0 atom stereocenters. The first-order chi connectivity index (χ1) is 6.18. The number of anilines is 1. The highest BCUT2D eigenvalue weighted by Gasteiger charge is 2.16. The summed E-state index contributed by atoms with van der Waals surface area (Å²) in [4.78, 5) is 1.88. The second-order valence-corrected chi connectivity index (χ2v) is 3.92. The highest BCUT2D eigenvalue weighted by Crippen LogP contribution is 2.29. The van der Waals surface area contributed by atoms with Gasteiger partial charge < -0.3 is 9.64 Å². The normalized spacial score (nSPS) is 15.8. The van der Waals surface area contributed by atoms with Gasteiger partial charge in [0, 0.05) is 18.3 Å². The van der Waals surface area contributed by atoms with E-state index in [-0.39, 0.29) is 5.82 Å². The van der Waals surface area contributed by atoms with Crippen molar-refractivity contribution in [2.45, 2.75) is 6.61 Å². The zero-order chi connectivity index (χ0) is 9.42. The lowest BCUT2D eigenvalue weighted by molar-refractivity contribution is 0.113. The van der Waals surface area contributed by atoms with E-state index in [1.165, 1.54) is 6.07 Å². The molecule has 0 spiro atoms. The highest BCUT2D eigenvalue weighted by molar-refractivity contribution is 9.10. The summed E-state index contributed by atoms with van der Waals surface area (Å²) in [5, 5.41) is 0. The van der Waals surface area contributed by atoms with E-state index >= 15 is 0 Å². The van der Waals surface area contributed by atoms with Crippen molar-refractivity contribution < 1.29 is 9.13 Å². The van der Waals surface area contributed by atoms with Gasteiger partial charge >= 0.3 is 0 Å². The number of benzene rings is 1. The quantitative estimate of drug-likeness (QED) is 0.697. The highest BCUT2D eigenvalue weighted by atomic mass is 79.9. The summed E-state index contributed by atoms with van der Waals surface area (Å²) in [7, 11) is 1.88. The first-order valence-electron chi connectivity index (χ1n) is 3.95. The minimum Gasteiger partial charge on any atom is -0.356 e. The van der Waals surface area contributed by atoms with Crippen LogP contribution in [-0.4, -0.2) is 13.8 Å². The molecule has 0 unspecified atom stereocenters. The standard InChI is InChI=1S/C9H9BrFNO/c1-12-5-13-4-6-2-7(10)8(11)3-9(6)12/h2-3H,4-5H2,1H3. The van der Waals surface area contributed by atoms with Gasteiger partial charge in [-0.25, -0.2) is 4.39 Å². The van der Waals surface area contributed by atoms with E-state index in [1.807, 2.05) is 11.9 Å². The molecule has 1 aliphatic rings. The fourth-order valence-corrected chi connectivity index (χ4v) is 1.80. The Hall–Kier alpha value is -0.610. The van der Waals surface area contributed by atoms with Crippen LogP contribution in [0.5, 0.6) is 0 Å². The number of fused-ring (bicyclic) bond motifs is 1. The topological polar surface area (TPSA) is 12.5 Å². The summed E-state index contributed by atoms with van der Waals surface area (Å²) in [6, 6.07) is 3.29. The van der Waals surface area contributed by atoms with Crippen molar-refractivity contribution in [2.75, 3.05) is 18.7 Å². The molecule has 1 heterocycles. The monoisotopic (exact) mass is 245 g/mol. The van der Waals surface area contributed by atoms with Crippen LogP contribution in [-0.2, 0) is 11.3 Å². The Bertz CT molecular complexity index is 343. The zero-order valence-corrected chi connectivity index (χ0v) is 8.77. The molecule has 1 aliphatic heterocycles. The Kier molecular flexibility index (Phi) is 2.26. The minimum absolute atomic E-state index is 0.229. The van der Waals surface area contributed by atoms with Crippen molar-refractivity contribution in [2.24, 2.45) is 0 Å². The van der Waals surface area contributed by atoms with Gasteiger partial charge in [-0.2, -0.15) is 0 Å². The molecule has 4 heteroatoms. The van der Waals surface area contributed by atoms with Crippen LogP contribution in [0.1, 0.15) is 5.56 Å². The Balaban J connectivity index is 2.52. The number of ether oxygens (including phenoxy) is 1. The van der Waals surface area contributed by atoms with E-state index in [0.717, 1.165) is 11.3 Å². The Morgan fingerprint density at radius 1 is 1.54 bits per heavy atom. The maximum Gasteiger partial charge on any atom is 0.139 e. The molecule has 1 aromatic rings. The first kappa shape index (κ1) is 8.97. The molecule has 1 aromatic carbocycles. The minimum atomic E-state index is -0.229. The number of hydrogen-bond acceptors (Lipinski definition) is 2. The van der Waals surface area contributed by atoms with Crippen LogP contribution in [0, 0.1) is 5.82 Å². The molecular weight excluding hydrogens is 237 g/mol. The van der Waals surface area contributed by atoms with E-state index in [1.54, 1.807) is 6.07 Å². The summed E-state index contributed by atoms with van der Waals surface area (Å²) >= 11 is 3.15. The summed E-state index contributed by atoms with van der Waals surface area (Å²) in [5.41, 5.74) is 1.92. The van der Waals surface area contributed by atoms with Crippen LogP contribution in [0.25, 0.3) is 0 Å². The number of halogens is 2. The van der Waals surface area contributed by atoms with Crippen molar-refractivity contribution in [3.05, 3.63) is 28.0 Å². The smallest absolute Gasteiger partial charge is 0.139 e. The Labute approximate surface area is 84.4 Å².